The summed E-state index contributed by atoms with van der Waals surface area (Å²) in [5, 5.41) is 3.87. The molecule has 0 amide bonds. The molecular weight excluding hydrogens is 326 g/mol. The largest absolute Gasteiger partial charge is 0.355 e. The van der Waals surface area contributed by atoms with Gasteiger partial charge in [0.1, 0.15) is 0 Å². The van der Waals surface area contributed by atoms with Gasteiger partial charge < -0.3 is 5.32 Å². The second-order valence-electron chi connectivity index (χ2n) is 9.01. The van der Waals surface area contributed by atoms with Gasteiger partial charge in [-0.3, -0.25) is 0 Å². The van der Waals surface area contributed by atoms with Gasteiger partial charge in [0.05, 0.1) is 0 Å². The van der Waals surface area contributed by atoms with Crippen molar-refractivity contribution in [1.29, 1.82) is 0 Å². The molecule has 0 aliphatic carbocycles. The summed E-state index contributed by atoms with van der Waals surface area (Å²) in [6, 6.07) is 0. The summed E-state index contributed by atoms with van der Waals surface area (Å²) in [5.74, 6) is 1.10. The number of hydrogen-bond acceptors (Lipinski definition) is 1. The van der Waals surface area contributed by atoms with E-state index in [2.05, 4.69) is 88.4 Å². The van der Waals surface area contributed by atoms with Crippen molar-refractivity contribution < 1.29 is 0 Å². The molecule has 1 heteroatoms. The summed E-state index contributed by atoms with van der Waals surface area (Å²) < 4.78 is 0. The Morgan fingerprint density at radius 3 is 0.815 bits per heavy atom. The standard InChI is InChI=1S/C26H39N/c1-13(2)23-15(5)19(9)25(20(10)16(23)6)27-26-21(11)17(7)24(14(3)4)18(8)22(26)12/h13-14,27H,1-12H3. The van der Waals surface area contributed by atoms with Gasteiger partial charge in [-0.2, -0.15) is 0 Å². The van der Waals surface area contributed by atoms with E-state index in [9.17, 15) is 0 Å². The number of nitrogens with one attached hydrogen (secondary N) is 1. The Kier molecular flexibility index (Phi) is 6.14. The summed E-state index contributed by atoms with van der Waals surface area (Å²) in [4.78, 5) is 0. The van der Waals surface area contributed by atoms with Crippen LogP contribution in [-0.4, -0.2) is 0 Å². The maximum Gasteiger partial charge on any atom is 0.0449 e. The molecule has 148 valence electrons. The van der Waals surface area contributed by atoms with Crippen molar-refractivity contribution in [1.82, 2.24) is 0 Å². The molecule has 1 nitrogen and oxygen atoms in total. The minimum absolute atomic E-state index is 0.551. The molecule has 0 radical (unpaired) electrons. The van der Waals surface area contributed by atoms with E-state index in [0.717, 1.165) is 0 Å². The van der Waals surface area contributed by atoms with Crippen LogP contribution in [-0.2, 0) is 0 Å². The van der Waals surface area contributed by atoms with Gasteiger partial charge in [-0.05, 0) is 123 Å². The van der Waals surface area contributed by atoms with E-state index in [1.165, 1.54) is 67.0 Å². The van der Waals surface area contributed by atoms with Crippen molar-refractivity contribution in [3.63, 3.8) is 0 Å². The van der Waals surface area contributed by atoms with Gasteiger partial charge >= 0.3 is 0 Å². The van der Waals surface area contributed by atoms with E-state index in [0.29, 0.717) is 11.8 Å². The van der Waals surface area contributed by atoms with E-state index >= 15 is 0 Å². The van der Waals surface area contributed by atoms with Gasteiger partial charge in [-0.1, -0.05) is 27.7 Å². The first kappa shape index (κ1) is 21.5. The highest BCUT2D eigenvalue weighted by Crippen LogP contribution is 2.40. The van der Waals surface area contributed by atoms with Crippen molar-refractivity contribution in [2.75, 3.05) is 5.32 Å². The zero-order chi connectivity index (χ0) is 20.8. The molecule has 0 aliphatic rings. The van der Waals surface area contributed by atoms with E-state index in [1.54, 1.807) is 0 Å². The average Bonchev–Trinajstić information content (AvgIpc) is 2.57. The molecule has 2 aromatic rings. The molecule has 0 fully saturated rings. The van der Waals surface area contributed by atoms with Crippen LogP contribution in [0.1, 0.15) is 95.2 Å². The number of anilines is 2. The molecule has 0 aromatic heterocycles. The topological polar surface area (TPSA) is 12.0 Å². The Morgan fingerprint density at radius 2 is 0.630 bits per heavy atom. The maximum atomic E-state index is 3.87. The lowest BCUT2D eigenvalue weighted by Crippen LogP contribution is -2.10. The van der Waals surface area contributed by atoms with Crippen LogP contribution in [0.25, 0.3) is 0 Å². The average molecular weight is 366 g/mol. The van der Waals surface area contributed by atoms with E-state index in [4.69, 9.17) is 0 Å². The van der Waals surface area contributed by atoms with Crippen LogP contribution in [0.4, 0.5) is 11.4 Å². The summed E-state index contributed by atoms with van der Waals surface area (Å²) in [7, 11) is 0. The van der Waals surface area contributed by atoms with Gasteiger partial charge in [0.25, 0.3) is 0 Å². The second kappa shape index (κ2) is 7.70. The van der Waals surface area contributed by atoms with Gasteiger partial charge in [0.15, 0.2) is 0 Å². The van der Waals surface area contributed by atoms with Crippen LogP contribution in [0.15, 0.2) is 0 Å². The quantitative estimate of drug-likeness (QED) is 0.576. The van der Waals surface area contributed by atoms with E-state index < -0.39 is 0 Å². The Labute approximate surface area is 167 Å². The molecule has 0 aliphatic heterocycles. The summed E-state index contributed by atoms with van der Waals surface area (Å²) in [6.07, 6.45) is 0. The molecule has 1 N–H and O–H groups in total. The first-order chi connectivity index (χ1) is 12.4. The third kappa shape index (κ3) is 3.53. The minimum Gasteiger partial charge on any atom is -0.355 e. The molecule has 0 bridgehead atoms. The fourth-order valence-corrected chi connectivity index (χ4v) is 4.92. The zero-order valence-corrected chi connectivity index (χ0v) is 19.7. The van der Waals surface area contributed by atoms with Crippen LogP contribution in [0.5, 0.6) is 0 Å². The number of rotatable bonds is 4. The smallest absolute Gasteiger partial charge is 0.0449 e. The summed E-state index contributed by atoms with van der Waals surface area (Å²) >= 11 is 0. The third-order valence-electron chi connectivity index (χ3n) is 6.77. The van der Waals surface area contributed by atoms with Crippen LogP contribution >= 0.6 is 0 Å². The Balaban J connectivity index is 2.73. The Hall–Kier alpha value is -1.76. The van der Waals surface area contributed by atoms with Crippen molar-refractivity contribution in [2.24, 2.45) is 0 Å². The fraction of sp³-hybridized carbons (Fsp3) is 0.538. The van der Waals surface area contributed by atoms with Gasteiger partial charge in [-0.15, -0.1) is 0 Å². The van der Waals surface area contributed by atoms with Crippen molar-refractivity contribution in [3.8, 4) is 0 Å². The Bertz CT molecular complexity index is 751. The predicted octanol–water partition coefficient (Wildman–Crippen LogP) is 8.14. The van der Waals surface area contributed by atoms with Crippen LogP contribution in [0.2, 0.25) is 0 Å². The molecule has 0 saturated carbocycles. The van der Waals surface area contributed by atoms with Crippen molar-refractivity contribution >= 4 is 11.4 Å². The fourth-order valence-electron chi connectivity index (χ4n) is 4.92. The van der Waals surface area contributed by atoms with E-state index in [1.807, 2.05) is 0 Å². The van der Waals surface area contributed by atoms with Crippen LogP contribution in [0, 0.1) is 55.4 Å². The lowest BCUT2D eigenvalue weighted by atomic mass is 9.85. The zero-order valence-electron chi connectivity index (χ0n) is 19.7. The first-order valence-corrected chi connectivity index (χ1v) is 10.4. The van der Waals surface area contributed by atoms with Crippen LogP contribution < -0.4 is 5.32 Å². The molecule has 0 saturated heterocycles. The van der Waals surface area contributed by atoms with Crippen molar-refractivity contribution in [3.05, 3.63) is 55.6 Å². The Morgan fingerprint density at radius 1 is 0.407 bits per heavy atom. The molecule has 0 spiro atoms. The lowest BCUT2D eigenvalue weighted by molar-refractivity contribution is 0.839. The molecule has 0 heterocycles. The minimum atomic E-state index is 0.551. The monoisotopic (exact) mass is 365 g/mol. The normalized spacial score (nSPS) is 11.6. The highest BCUT2D eigenvalue weighted by Gasteiger charge is 2.20. The van der Waals surface area contributed by atoms with Crippen molar-refractivity contribution in [2.45, 2.75) is 94.9 Å². The summed E-state index contributed by atoms with van der Waals surface area (Å²) in [5.41, 5.74) is 16.8. The molecule has 27 heavy (non-hydrogen) atoms. The van der Waals surface area contributed by atoms with Gasteiger partial charge in [-0.25, -0.2) is 0 Å². The molecule has 0 atom stereocenters. The highest BCUT2D eigenvalue weighted by atomic mass is 14.9. The summed E-state index contributed by atoms with van der Waals surface area (Å²) in [6.45, 7) is 27.4. The van der Waals surface area contributed by atoms with Gasteiger partial charge in [0, 0.05) is 11.4 Å². The molecule has 0 unspecified atom stereocenters. The lowest BCUT2D eigenvalue weighted by Gasteiger charge is -2.27. The van der Waals surface area contributed by atoms with Gasteiger partial charge in [0.2, 0.25) is 0 Å². The second-order valence-corrected chi connectivity index (χ2v) is 9.01. The SMILES string of the molecule is Cc1c(C)c(C(C)C)c(C)c(C)c1Nc1c(C)c(C)c(C(C)C)c(C)c1C. The number of hydrogen-bond donors (Lipinski definition) is 1. The number of benzene rings is 2. The predicted molar refractivity (Wildman–Crippen MR) is 122 cm³/mol. The maximum absolute atomic E-state index is 3.87. The molecule has 2 rings (SSSR count). The highest BCUT2D eigenvalue weighted by molar-refractivity contribution is 5.76. The van der Waals surface area contributed by atoms with E-state index in [-0.39, 0.29) is 0 Å². The molecule has 2 aromatic carbocycles. The first-order valence-electron chi connectivity index (χ1n) is 10.4. The van der Waals surface area contributed by atoms with Crippen LogP contribution in [0.3, 0.4) is 0 Å². The molecular formula is C26H39N. The third-order valence-corrected chi connectivity index (χ3v) is 6.77.